The molecule has 2 N–H and O–H groups in total. The summed E-state index contributed by atoms with van der Waals surface area (Å²) in [6, 6.07) is 0. The Hall–Kier alpha value is -1.32. The molecular formula is C15H25NO3. The second kappa shape index (κ2) is 7.31. The van der Waals surface area contributed by atoms with Crippen molar-refractivity contribution in [3.8, 4) is 0 Å². The minimum atomic E-state index is -0.821. The van der Waals surface area contributed by atoms with Crippen LogP contribution in [-0.2, 0) is 9.59 Å². The molecule has 0 aliphatic heterocycles. The van der Waals surface area contributed by atoms with Gasteiger partial charge in [0.25, 0.3) is 0 Å². The predicted octanol–water partition coefficient (Wildman–Crippen LogP) is 2.74. The fourth-order valence-electron chi connectivity index (χ4n) is 2.52. The Bertz CT molecular complexity index is 335. The lowest BCUT2D eigenvalue weighted by Gasteiger charge is -2.27. The molecular weight excluding hydrogens is 242 g/mol. The van der Waals surface area contributed by atoms with E-state index in [4.69, 9.17) is 0 Å². The number of carboxylic acid groups (broad SMARTS) is 1. The monoisotopic (exact) mass is 267 g/mol. The van der Waals surface area contributed by atoms with Gasteiger partial charge in [0, 0.05) is 12.5 Å². The lowest BCUT2D eigenvalue weighted by molar-refractivity contribution is -0.149. The van der Waals surface area contributed by atoms with Gasteiger partial charge in [0.05, 0.1) is 5.41 Å². The predicted molar refractivity (Wildman–Crippen MR) is 74.8 cm³/mol. The van der Waals surface area contributed by atoms with Crippen LogP contribution in [0.3, 0.4) is 0 Å². The molecule has 0 bridgehead atoms. The number of nitrogens with one attached hydrogen (secondary N) is 1. The van der Waals surface area contributed by atoms with Gasteiger partial charge in [0.15, 0.2) is 0 Å². The smallest absolute Gasteiger partial charge is 0.311 e. The molecule has 19 heavy (non-hydrogen) atoms. The number of carbonyl (C=O) groups is 2. The number of carboxylic acids is 1. The summed E-state index contributed by atoms with van der Waals surface area (Å²) < 4.78 is 0. The average molecular weight is 267 g/mol. The molecule has 4 nitrogen and oxygen atoms in total. The van der Waals surface area contributed by atoms with Gasteiger partial charge in [0.1, 0.15) is 0 Å². The van der Waals surface area contributed by atoms with Gasteiger partial charge in [-0.2, -0.15) is 0 Å². The van der Waals surface area contributed by atoms with E-state index in [0.717, 1.165) is 25.7 Å². The molecule has 1 rings (SSSR count). The lowest BCUT2D eigenvalue weighted by atomic mass is 9.82. The highest BCUT2D eigenvalue weighted by atomic mass is 16.4. The molecule has 0 fully saturated rings. The van der Waals surface area contributed by atoms with Crippen LogP contribution in [0, 0.1) is 11.3 Å². The maximum Gasteiger partial charge on any atom is 0.311 e. The molecule has 108 valence electrons. The Morgan fingerprint density at radius 2 is 1.74 bits per heavy atom. The van der Waals surface area contributed by atoms with Crippen molar-refractivity contribution in [2.24, 2.45) is 11.3 Å². The Balaban J connectivity index is 2.54. The van der Waals surface area contributed by atoms with Crippen molar-refractivity contribution in [3.05, 3.63) is 12.2 Å². The quantitative estimate of drug-likeness (QED) is 0.727. The molecule has 1 amide bonds. The second-order valence-electron chi connectivity index (χ2n) is 5.33. The summed E-state index contributed by atoms with van der Waals surface area (Å²) in [5.41, 5.74) is -0.821. The molecule has 0 radical (unpaired) electrons. The van der Waals surface area contributed by atoms with Crippen LogP contribution in [0.25, 0.3) is 0 Å². The minimum Gasteiger partial charge on any atom is -0.481 e. The van der Waals surface area contributed by atoms with Crippen LogP contribution in [0.5, 0.6) is 0 Å². The first-order valence-corrected chi connectivity index (χ1v) is 7.22. The van der Waals surface area contributed by atoms with Crippen LogP contribution in [0.1, 0.15) is 52.4 Å². The van der Waals surface area contributed by atoms with E-state index in [-0.39, 0.29) is 18.4 Å². The van der Waals surface area contributed by atoms with E-state index in [9.17, 15) is 14.7 Å². The molecule has 0 saturated heterocycles. The third kappa shape index (κ3) is 4.08. The maximum absolute atomic E-state index is 12.1. The second-order valence-corrected chi connectivity index (χ2v) is 5.33. The molecule has 0 aromatic carbocycles. The average Bonchev–Trinajstić information content (AvgIpc) is 2.68. The molecule has 0 atom stereocenters. The highest BCUT2D eigenvalue weighted by molar-refractivity contribution is 5.80. The lowest BCUT2D eigenvalue weighted by Crippen LogP contribution is -2.44. The van der Waals surface area contributed by atoms with Crippen molar-refractivity contribution in [3.63, 3.8) is 0 Å². The third-order valence-corrected chi connectivity index (χ3v) is 4.31. The van der Waals surface area contributed by atoms with Crippen LogP contribution in [0.15, 0.2) is 12.2 Å². The van der Waals surface area contributed by atoms with Crippen molar-refractivity contribution in [1.82, 2.24) is 5.32 Å². The van der Waals surface area contributed by atoms with Crippen LogP contribution >= 0.6 is 0 Å². The Kier molecular flexibility index (Phi) is 6.06. The Morgan fingerprint density at radius 1 is 1.21 bits per heavy atom. The van der Waals surface area contributed by atoms with Gasteiger partial charge in [-0.3, -0.25) is 9.59 Å². The molecule has 0 saturated carbocycles. The molecule has 4 heteroatoms. The summed E-state index contributed by atoms with van der Waals surface area (Å²) in [6.07, 6.45) is 8.89. The summed E-state index contributed by atoms with van der Waals surface area (Å²) in [6.45, 7) is 3.96. The zero-order valence-corrected chi connectivity index (χ0v) is 11.9. The molecule has 0 heterocycles. The topological polar surface area (TPSA) is 66.4 Å². The highest BCUT2D eigenvalue weighted by Gasteiger charge is 2.35. The van der Waals surface area contributed by atoms with Crippen LogP contribution < -0.4 is 5.32 Å². The first kappa shape index (κ1) is 15.7. The van der Waals surface area contributed by atoms with E-state index in [1.165, 1.54) is 0 Å². The van der Waals surface area contributed by atoms with Gasteiger partial charge in [-0.05, 0) is 38.5 Å². The summed E-state index contributed by atoms with van der Waals surface area (Å²) in [5, 5.41) is 12.2. The van der Waals surface area contributed by atoms with E-state index in [1.54, 1.807) is 0 Å². The summed E-state index contributed by atoms with van der Waals surface area (Å²) >= 11 is 0. The van der Waals surface area contributed by atoms with Gasteiger partial charge in [-0.15, -0.1) is 0 Å². The minimum absolute atomic E-state index is 0.0104. The third-order valence-electron chi connectivity index (χ3n) is 4.31. The summed E-state index contributed by atoms with van der Waals surface area (Å²) in [7, 11) is 0. The van der Waals surface area contributed by atoms with Crippen LogP contribution in [0.2, 0.25) is 0 Å². The Morgan fingerprint density at radius 3 is 2.16 bits per heavy atom. The molecule has 1 aliphatic carbocycles. The number of hydrogen-bond acceptors (Lipinski definition) is 2. The molecule has 0 aromatic heterocycles. The van der Waals surface area contributed by atoms with Crippen molar-refractivity contribution in [2.75, 3.05) is 6.54 Å². The Labute approximate surface area is 115 Å². The van der Waals surface area contributed by atoms with E-state index in [0.29, 0.717) is 12.8 Å². The largest absolute Gasteiger partial charge is 0.481 e. The van der Waals surface area contributed by atoms with Gasteiger partial charge in [0.2, 0.25) is 5.91 Å². The first-order chi connectivity index (χ1) is 9.05. The van der Waals surface area contributed by atoms with E-state index in [1.807, 2.05) is 13.8 Å². The fraction of sp³-hybridized carbons (Fsp3) is 0.733. The zero-order valence-electron chi connectivity index (χ0n) is 11.9. The first-order valence-electron chi connectivity index (χ1n) is 7.22. The van der Waals surface area contributed by atoms with Gasteiger partial charge in [-0.25, -0.2) is 0 Å². The van der Waals surface area contributed by atoms with Crippen molar-refractivity contribution in [1.29, 1.82) is 0 Å². The van der Waals surface area contributed by atoms with Crippen molar-refractivity contribution < 1.29 is 14.7 Å². The molecule has 0 aromatic rings. The zero-order chi connectivity index (χ0) is 14.3. The molecule has 0 unspecified atom stereocenters. The molecule has 0 spiro atoms. The van der Waals surface area contributed by atoms with Crippen molar-refractivity contribution >= 4 is 11.9 Å². The highest BCUT2D eigenvalue weighted by Crippen LogP contribution is 2.26. The van der Waals surface area contributed by atoms with Gasteiger partial charge in [-0.1, -0.05) is 26.0 Å². The number of carbonyl (C=O) groups excluding carboxylic acids is 1. The van der Waals surface area contributed by atoms with Crippen LogP contribution in [0.4, 0.5) is 0 Å². The van der Waals surface area contributed by atoms with Crippen LogP contribution in [-0.4, -0.2) is 23.5 Å². The summed E-state index contributed by atoms with van der Waals surface area (Å²) in [4.78, 5) is 23.5. The fourth-order valence-corrected chi connectivity index (χ4v) is 2.52. The number of hydrogen-bond donors (Lipinski definition) is 2. The molecule has 1 aliphatic rings. The van der Waals surface area contributed by atoms with E-state index < -0.39 is 11.4 Å². The number of amides is 1. The van der Waals surface area contributed by atoms with E-state index in [2.05, 4.69) is 17.5 Å². The SMILES string of the molecule is CCC(CC)(CNC(=O)C1CCC=CCC1)C(=O)O. The normalized spacial score (nSPS) is 16.9. The number of allylic oxidation sites excluding steroid dienone is 2. The van der Waals surface area contributed by atoms with Gasteiger partial charge < -0.3 is 10.4 Å². The number of rotatable bonds is 6. The summed E-state index contributed by atoms with van der Waals surface area (Å²) in [5.74, 6) is -0.785. The maximum atomic E-state index is 12.1. The van der Waals surface area contributed by atoms with Crippen molar-refractivity contribution in [2.45, 2.75) is 52.4 Å². The van der Waals surface area contributed by atoms with Gasteiger partial charge >= 0.3 is 5.97 Å². The standard InChI is InChI=1S/C15H25NO3/c1-3-15(4-2,14(18)19)11-16-13(17)12-9-7-5-6-8-10-12/h5-6,12H,3-4,7-11H2,1-2H3,(H,16,17)(H,18,19). The number of aliphatic carboxylic acids is 1. The van der Waals surface area contributed by atoms with E-state index >= 15 is 0 Å².